The Labute approximate surface area is 176 Å². The molecular weight excluding hydrogens is 402 g/mol. The second kappa shape index (κ2) is 6.96. The Kier molecular flexibility index (Phi) is 4.25. The van der Waals surface area contributed by atoms with E-state index in [1.54, 1.807) is 23.9 Å². The van der Waals surface area contributed by atoms with E-state index >= 15 is 0 Å². The lowest BCUT2D eigenvalue weighted by atomic mass is 10.1. The summed E-state index contributed by atoms with van der Waals surface area (Å²) in [5.74, 6) is 0.663. The van der Waals surface area contributed by atoms with Crippen LogP contribution in [-0.2, 0) is 0 Å². The van der Waals surface area contributed by atoms with Crippen LogP contribution >= 0.6 is 11.6 Å². The first-order valence-corrected chi connectivity index (χ1v) is 9.62. The van der Waals surface area contributed by atoms with E-state index in [1.807, 2.05) is 55.5 Å². The van der Waals surface area contributed by atoms with Crippen LogP contribution in [0, 0.1) is 6.92 Å². The van der Waals surface area contributed by atoms with Crippen LogP contribution in [0.2, 0.25) is 5.02 Å². The molecule has 0 spiro atoms. The van der Waals surface area contributed by atoms with Crippen molar-refractivity contribution in [2.24, 2.45) is 0 Å². The Morgan fingerprint density at radius 2 is 1.83 bits per heavy atom. The molecule has 0 saturated heterocycles. The number of aromatic nitrogens is 5. The lowest BCUT2D eigenvalue weighted by Crippen LogP contribution is -2.20. The maximum atomic E-state index is 13.1. The summed E-state index contributed by atoms with van der Waals surface area (Å²) in [6, 6.07) is 16.6. The van der Waals surface area contributed by atoms with Crippen LogP contribution in [0.3, 0.4) is 0 Å². The number of halogens is 1. The van der Waals surface area contributed by atoms with E-state index in [4.69, 9.17) is 16.3 Å². The zero-order chi connectivity index (χ0) is 20.8. The van der Waals surface area contributed by atoms with E-state index < -0.39 is 0 Å². The van der Waals surface area contributed by atoms with Crippen molar-refractivity contribution in [2.45, 2.75) is 6.92 Å². The van der Waals surface area contributed by atoms with Crippen molar-refractivity contribution in [3.8, 4) is 22.6 Å². The highest BCUT2D eigenvalue weighted by Crippen LogP contribution is 2.29. The number of benzene rings is 2. The van der Waals surface area contributed by atoms with Gasteiger partial charge in [0.25, 0.3) is 5.56 Å². The van der Waals surface area contributed by atoms with Crippen molar-refractivity contribution >= 4 is 28.3 Å². The van der Waals surface area contributed by atoms with Gasteiger partial charge in [0, 0.05) is 17.3 Å². The molecule has 148 valence electrons. The van der Waals surface area contributed by atoms with Crippen molar-refractivity contribution < 1.29 is 4.74 Å². The number of ether oxygens (including phenoxy) is 1. The van der Waals surface area contributed by atoms with Gasteiger partial charge in [-0.2, -0.15) is 5.10 Å². The first kappa shape index (κ1) is 18.3. The maximum Gasteiger partial charge on any atom is 0.285 e. The summed E-state index contributed by atoms with van der Waals surface area (Å²) >= 11 is 6.02. The van der Waals surface area contributed by atoms with Crippen molar-refractivity contribution in [3.63, 3.8) is 0 Å². The van der Waals surface area contributed by atoms with E-state index in [0.717, 1.165) is 16.8 Å². The third kappa shape index (κ3) is 2.83. The van der Waals surface area contributed by atoms with E-state index in [2.05, 4.69) is 15.3 Å². The van der Waals surface area contributed by atoms with Gasteiger partial charge >= 0.3 is 0 Å². The van der Waals surface area contributed by atoms with Gasteiger partial charge in [-0.3, -0.25) is 9.36 Å². The number of hydrogen-bond donors (Lipinski definition) is 0. The van der Waals surface area contributed by atoms with Gasteiger partial charge < -0.3 is 4.74 Å². The number of methoxy groups -OCH3 is 1. The first-order chi connectivity index (χ1) is 14.6. The smallest absolute Gasteiger partial charge is 0.285 e. The van der Waals surface area contributed by atoms with Crippen LogP contribution in [-0.4, -0.2) is 31.5 Å². The first-order valence-electron chi connectivity index (χ1n) is 9.24. The van der Waals surface area contributed by atoms with E-state index in [1.165, 1.54) is 4.57 Å². The maximum absolute atomic E-state index is 13.1. The zero-order valence-electron chi connectivity index (χ0n) is 16.2. The normalized spacial score (nSPS) is 11.3. The fraction of sp³-hybridized carbons (Fsp3) is 0.0909. The minimum atomic E-state index is -0.281. The molecule has 8 heteroatoms. The molecule has 0 bridgehead atoms. The summed E-state index contributed by atoms with van der Waals surface area (Å²) in [7, 11) is 1.59. The summed E-state index contributed by atoms with van der Waals surface area (Å²) in [6.45, 7) is 1.90. The summed E-state index contributed by atoms with van der Waals surface area (Å²) in [4.78, 5) is 13.1. The summed E-state index contributed by atoms with van der Waals surface area (Å²) in [6.07, 6.45) is 1.71. The lowest BCUT2D eigenvalue weighted by Gasteiger charge is -2.09. The molecule has 5 aromatic rings. The quantitative estimate of drug-likeness (QED) is 0.442. The molecule has 0 unspecified atom stereocenters. The molecule has 0 amide bonds. The molecule has 0 aliphatic rings. The van der Waals surface area contributed by atoms with Gasteiger partial charge in [-0.15, -0.1) is 10.2 Å². The minimum absolute atomic E-state index is 0.234. The van der Waals surface area contributed by atoms with Gasteiger partial charge in [0.15, 0.2) is 11.2 Å². The number of aryl methyl sites for hydroxylation is 1. The predicted octanol–water partition coefficient (Wildman–Crippen LogP) is 4.07. The third-order valence-corrected chi connectivity index (χ3v) is 5.27. The van der Waals surface area contributed by atoms with Gasteiger partial charge in [-0.1, -0.05) is 29.8 Å². The van der Waals surface area contributed by atoms with E-state index in [-0.39, 0.29) is 11.1 Å². The number of rotatable bonds is 3. The Bertz CT molecular complexity index is 1470. The lowest BCUT2D eigenvalue weighted by molar-refractivity contribution is 0.414. The Balaban J connectivity index is 1.74. The van der Waals surface area contributed by atoms with Gasteiger partial charge in [0.05, 0.1) is 24.1 Å². The highest BCUT2D eigenvalue weighted by molar-refractivity contribution is 6.30. The molecule has 0 atom stereocenters. The summed E-state index contributed by atoms with van der Waals surface area (Å²) < 4.78 is 8.44. The molecular formula is C22H16ClN5O2. The van der Waals surface area contributed by atoms with Crippen molar-refractivity contribution in [1.82, 2.24) is 24.4 Å². The van der Waals surface area contributed by atoms with E-state index in [9.17, 15) is 4.79 Å². The molecule has 5 rings (SSSR count). The van der Waals surface area contributed by atoms with Gasteiger partial charge in [0.2, 0.25) is 0 Å². The van der Waals surface area contributed by atoms with Gasteiger partial charge in [-0.25, -0.2) is 4.52 Å². The van der Waals surface area contributed by atoms with Crippen LogP contribution in [0.4, 0.5) is 0 Å². The molecule has 0 saturated carbocycles. The highest BCUT2D eigenvalue weighted by atomic mass is 35.5. The molecule has 3 heterocycles. The van der Waals surface area contributed by atoms with Crippen LogP contribution < -0.4 is 10.3 Å². The Hall–Kier alpha value is -3.71. The monoisotopic (exact) mass is 417 g/mol. The number of nitrogens with zero attached hydrogens (tertiary/aromatic N) is 5. The van der Waals surface area contributed by atoms with Crippen LogP contribution in [0.1, 0.15) is 5.69 Å². The summed E-state index contributed by atoms with van der Waals surface area (Å²) in [5.41, 5.74) is 4.39. The molecule has 0 aliphatic heterocycles. The third-order valence-electron chi connectivity index (χ3n) is 5.02. The van der Waals surface area contributed by atoms with Crippen molar-refractivity contribution in [1.29, 1.82) is 0 Å². The molecule has 7 nitrogen and oxygen atoms in total. The Morgan fingerprint density at radius 3 is 2.60 bits per heavy atom. The highest BCUT2D eigenvalue weighted by Gasteiger charge is 2.17. The average molecular weight is 418 g/mol. The molecule has 0 N–H and O–H groups in total. The molecule has 30 heavy (non-hydrogen) atoms. The topological polar surface area (TPSA) is 74.3 Å². The predicted molar refractivity (Wildman–Crippen MR) is 116 cm³/mol. The number of pyridine rings is 1. The minimum Gasteiger partial charge on any atom is -0.497 e. The van der Waals surface area contributed by atoms with Crippen LogP contribution in [0.5, 0.6) is 5.75 Å². The van der Waals surface area contributed by atoms with Crippen LogP contribution in [0.15, 0.2) is 65.6 Å². The average Bonchev–Trinajstić information content (AvgIpc) is 3.11. The molecule has 0 radical (unpaired) electrons. The summed E-state index contributed by atoms with van der Waals surface area (Å²) in [5, 5.41) is 13.9. The van der Waals surface area contributed by atoms with E-state index in [0.29, 0.717) is 27.6 Å². The fourth-order valence-electron chi connectivity index (χ4n) is 3.57. The molecule has 3 aromatic heterocycles. The Morgan fingerprint density at radius 1 is 1.03 bits per heavy atom. The van der Waals surface area contributed by atoms with Crippen LogP contribution in [0.25, 0.3) is 33.5 Å². The molecule has 0 aliphatic carbocycles. The number of fused-ring (bicyclic) bond motifs is 3. The number of hydrogen-bond acceptors (Lipinski definition) is 5. The SMILES string of the molecule is COc1cccc(-n2ccc3c(nnc4c(-c5ccc(Cl)cc5)c(C)nn43)c2=O)c1. The fourth-order valence-corrected chi connectivity index (χ4v) is 3.70. The molecule has 0 fully saturated rings. The largest absolute Gasteiger partial charge is 0.497 e. The second-order valence-electron chi connectivity index (χ2n) is 6.83. The molecule has 2 aromatic carbocycles. The second-order valence-corrected chi connectivity index (χ2v) is 7.27. The van der Waals surface area contributed by atoms with Gasteiger partial charge in [0.1, 0.15) is 11.3 Å². The standard InChI is InChI=1S/C22H16ClN5O2/c1-13-19(14-6-8-15(23)9-7-14)21-25-24-20-18(28(21)26-13)10-11-27(22(20)29)16-4-3-5-17(12-16)30-2/h3-12H,1-2H3. The van der Waals surface area contributed by atoms with Gasteiger partial charge in [-0.05, 0) is 42.8 Å². The van der Waals surface area contributed by atoms with Crippen molar-refractivity contribution in [2.75, 3.05) is 7.11 Å². The zero-order valence-corrected chi connectivity index (χ0v) is 17.0. The van der Waals surface area contributed by atoms with Crippen molar-refractivity contribution in [3.05, 3.63) is 81.9 Å².